The van der Waals surface area contributed by atoms with Gasteiger partial charge < -0.3 is 15.4 Å². The highest BCUT2D eigenvalue weighted by molar-refractivity contribution is 5.35. The number of ether oxygens (including phenoxy) is 1. The Kier molecular flexibility index (Phi) is 5.39. The van der Waals surface area contributed by atoms with Crippen LogP contribution in [-0.4, -0.2) is 32.1 Å². The van der Waals surface area contributed by atoms with Gasteiger partial charge in [-0.2, -0.15) is 0 Å². The normalized spacial score (nSPS) is 16.5. The van der Waals surface area contributed by atoms with Crippen LogP contribution in [-0.2, 0) is 5.54 Å². The topological polar surface area (TPSA) is 38.5 Å². The lowest BCUT2D eigenvalue weighted by Gasteiger charge is -2.44. The molecule has 0 saturated heterocycles. The Labute approximate surface area is 117 Å². The molecule has 0 heterocycles. The van der Waals surface area contributed by atoms with Crippen LogP contribution in [0.25, 0.3) is 0 Å². The van der Waals surface area contributed by atoms with Gasteiger partial charge in [0, 0.05) is 6.04 Å². The van der Waals surface area contributed by atoms with Crippen LogP contribution in [0.15, 0.2) is 24.3 Å². The van der Waals surface area contributed by atoms with Crippen LogP contribution in [0.2, 0.25) is 0 Å². The molecule has 108 valence electrons. The van der Waals surface area contributed by atoms with Crippen molar-refractivity contribution < 1.29 is 4.74 Å². The summed E-state index contributed by atoms with van der Waals surface area (Å²) in [6.07, 6.45) is 1.01. The number of methoxy groups -OCH3 is 1. The van der Waals surface area contributed by atoms with E-state index in [1.165, 1.54) is 0 Å². The zero-order valence-electron chi connectivity index (χ0n) is 13.1. The molecule has 0 aliphatic carbocycles. The van der Waals surface area contributed by atoms with Gasteiger partial charge in [-0.25, -0.2) is 0 Å². The third-order valence-electron chi connectivity index (χ3n) is 4.09. The van der Waals surface area contributed by atoms with E-state index in [4.69, 9.17) is 10.5 Å². The molecule has 1 rings (SSSR count). The predicted molar refractivity (Wildman–Crippen MR) is 81.5 cm³/mol. The van der Waals surface area contributed by atoms with Crippen molar-refractivity contribution in [1.82, 2.24) is 4.90 Å². The first-order chi connectivity index (χ1) is 8.87. The fraction of sp³-hybridized carbons (Fsp3) is 0.625. The summed E-state index contributed by atoms with van der Waals surface area (Å²) in [4.78, 5) is 2.22. The number of hydrogen-bond donors (Lipinski definition) is 1. The second-order valence-corrected chi connectivity index (χ2v) is 5.71. The van der Waals surface area contributed by atoms with E-state index >= 15 is 0 Å². The second kappa shape index (κ2) is 6.40. The molecule has 0 amide bonds. The van der Waals surface area contributed by atoms with Crippen LogP contribution in [0.3, 0.4) is 0 Å². The Balaban J connectivity index is 3.31. The van der Waals surface area contributed by atoms with Crippen molar-refractivity contribution in [2.24, 2.45) is 11.7 Å². The van der Waals surface area contributed by atoms with Crippen LogP contribution < -0.4 is 10.5 Å². The summed E-state index contributed by atoms with van der Waals surface area (Å²) in [5, 5.41) is 0. The molecule has 0 aliphatic rings. The number of nitrogens with two attached hydrogens (primary N) is 1. The van der Waals surface area contributed by atoms with Crippen molar-refractivity contribution >= 4 is 0 Å². The SMILES string of the molecule is CCC(N(C)C)C(N)(c1cccc(OC)c1)C(C)C. The van der Waals surface area contributed by atoms with E-state index in [1.54, 1.807) is 7.11 Å². The third kappa shape index (κ3) is 3.10. The quantitative estimate of drug-likeness (QED) is 0.858. The first kappa shape index (κ1) is 16.0. The van der Waals surface area contributed by atoms with Crippen LogP contribution in [0.5, 0.6) is 5.75 Å². The lowest BCUT2D eigenvalue weighted by molar-refractivity contribution is 0.127. The molecule has 0 saturated carbocycles. The number of nitrogens with zero attached hydrogens (tertiary/aromatic N) is 1. The van der Waals surface area contributed by atoms with E-state index in [0.717, 1.165) is 17.7 Å². The largest absolute Gasteiger partial charge is 0.497 e. The zero-order chi connectivity index (χ0) is 14.6. The van der Waals surface area contributed by atoms with E-state index in [-0.39, 0.29) is 5.54 Å². The van der Waals surface area contributed by atoms with E-state index in [1.807, 2.05) is 12.1 Å². The highest BCUT2D eigenvalue weighted by atomic mass is 16.5. The summed E-state index contributed by atoms with van der Waals surface area (Å²) in [6, 6.07) is 8.43. The summed E-state index contributed by atoms with van der Waals surface area (Å²) < 4.78 is 5.33. The van der Waals surface area contributed by atoms with Crippen LogP contribution >= 0.6 is 0 Å². The van der Waals surface area contributed by atoms with Crippen LogP contribution in [0.1, 0.15) is 32.8 Å². The van der Waals surface area contributed by atoms with Crippen molar-refractivity contribution in [1.29, 1.82) is 0 Å². The molecule has 1 aromatic rings. The van der Waals surface area contributed by atoms with Gasteiger partial charge in [-0.05, 0) is 44.1 Å². The average molecular weight is 264 g/mol. The molecule has 2 atom stereocenters. The Morgan fingerprint density at radius 1 is 1.32 bits per heavy atom. The fourth-order valence-electron chi connectivity index (χ4n) is 2.93. The molecule has 3 nitrogen and oxygen atoms in total. The molecule has 0 aliphatic heterocycles. The van der Waals surface area contributed by atoms with Crippen molar-refractivity contribution in [2.45, 2.75) is 38.8 Å². The molecule has 3 heteroatoms. The summed E-state index contributed by atoms with van der Waals surface area (Å²) in [6.45, 7) is 6.56. The van der Waals surface area contributed by atoms with Gasteiger partial charge in [-0.3, -0.25) is 0 Å². The second-order valence-electron chi connectivity index (χ2n) is 5.71. The maximum absolute atomic E-state index is 6.84. The molecular weight excluding hydrogens is 236 g/mol. The fourth-order valence-corrected chi connectivity index (χ4v) is 2.93. The van der Waals surface area contributed by atoms with Crippen LogP contribution in [0, 0.1) is 5.92 Å². The Hall–Kier alpha value is -1.06. The van der Waals surface area contributed by atoms with E-state index in [2.05, 4.69) is 51.9 Å². The third-order valence-corrected chi connectivity index (χ3v) is 4.09. The molecule has 0 aromatic heterocycles. The molecular formula is C16H28N2O. The Bertz CT molecular complexity index is 403. The average Bonchev–Trinajstić information content (AvgIpc) is 2.38. The minimum atomic E-state index is -0.382. The van der Waals surface area contributed by atoms with Crippen LogP contribution in [0.4, 0.5) is 0 Å². The van der Waals surface area contributed by atoms with Gasteiger partial charge in [-0.15, -0.1) is 0 Å². The van der Waals surface area contributed by atoms with Gasteiger partial charge in [0.2, 0.25) is 0 Å². The molecule has 2 N–H and O–H groups in total. The molecule has 0 bridgehead atoms. The Morgan fingerprint density at radius 3 is 2.37 bits per heavy atom. The highest BCUT2D eigenvalue weighted by Gasteiger charge is 2.40. The first-order valence-electron chi connectivity index (χ1n) is 6.97. The molecule has 0 spiro atoms. The monoisotopic (exact) mass is 264 g/mol. The number of hydrogen-bond acceptors (Lipinski definition) is 3. The standard InChI is InChI=1S/C16H28N2O/c1-7-15(18(4)5)16(17,12(2)3)13-9-8-10-14(11-13)19-6/h8-12,15H,7,17H2,1-6H3. The minimum Gasteiger partial charge on any atom is -0.497 e. The zero-order valence-corrected chi connectivity index (χ0v) is 13.1. The predicted octanol–water partition coefficient (Wildman–Crippen LogP) is 2.85. The van der Waals surface area contributed by atoms with Gasteiger partial charge in [0.25, 0.3) is 0 Å². The Morgan fingerprint density at radius 2 is 1.95 bits per heavy atom. The summed E-state index contributed by atoms with van der Waals surface area (Å²) >= 11 is 0. The molecule has 1 aromatic carbocycles. The minimum absolute atomic E-state index is 0.291. The highest BCUT2D eigenvalue weighted by Crippen LogP contribution is 2.35. The van der Waals surface area contributed by atoms with E-state index < -0.39 is 0 Å². The van der Waals surface area contributed by atoms with Crippen molar-refractivity contribution in [3.8, 4) is 5.75 Å². The molecule has 19 heavy (non-hydrogen) atoms. The van der Waals surface area contributed by atoms with Crippen molar-refractivity contribution in [3.63, 3.8) is 0 Å². The van der Waals surface area contributed by atoms with Crippen molar-refractivity contribution in [3.05, 3.63) is 29.8 Å². The maximum Gasteiger partial charge on any atom is 0.119 e. The smallest absolute Gasteiger partial charge is 0.119 e. The molecule has 0 fully saturated rings. The number of likely N-dealkylation sites (N-methyl/N-ethyl adjacent to an activating group) is 1. The summed E-state index contributed by atoms with van der Waals surface area (Å²) in [5.41, 5.74) is 7.60. The number of rotatable bonds is 6. The first-order valence-corrected chi connectivity index (χ1v) is 6.97. The lowest BCUT2D eigenvalue weighted by Crippen LogP contribution is -2.57. The van der Waals surface area contributed by atoms with Gasteiger partial charge in [0.1, 0.15) is 5.75 Å². The maximum atomic E-state index is 6.84. The molecule has 2 unspecified atom stereocenters. The van der Waals surface area contributed by atoms with Gasteiger partial charge in [-0.1, -0.05) is 32.9 Å². The van der Waals surface area contributed by atoms with E-state index in [0.29, 0.717) is 12.0 Å². The van der Waals surface area contributed by atoms with Gasteiger partial charge in [0.15, 0.2) is 0 Å². The lowest BCUT2D eigenvalue weighted by atomic mass is 9.73. The van der Waals surface area contributed by atoms with Gasteiger partial charge in [0.05, 0.1) is 12.6 Å². The molecule has 0 radical (unpaired) electrons. The summed E-state index contributed by atoms with van der Waals surface area (Å²) in [7, 11) is 5.88. The van der Waals surface area contributed by atoms with Gasteiger partial charge >= 0.3 is 0 Å². The summed E-state index contributed by atoms with van der Waals surface area (Å²) in [5.74, 6) is 1.20. The number of benzene rings is 1. The van der Waals surface area contributed by atoms with Crippen molar-refractivity contribution in [2.75, 3.05) is 21.2 Å². The van der Waals surface area contributed by atoms with E-state index in [9.17, 15) is 0 Å².